The standard InChI is InChI=1S/C28H34N4O/c1-19-9-10-22-24(18-19)30-26(29-22)21-11-16-32(17-12-21)15-3-2-13-28-14-5-7-20-6-4-8-23(25(20)28)31-27(28)33/h4,6,8-10,18,21H,2-3,5,7,11-17H2,1H3,(H,29,30)(H,31,33). The predicted octanol–water partition coefficient (Wildman–Crippen LogP) is 5.45. The van der Waals surface area contributed by atoms with E-state index in [4.69, 9.17) is 4.98 Å². The third kappa shape index (κ3) is 3.67. The molecule has 1 atom stereocenters. The number of nitrogens with zero attached hydrogens (tertiary/aromatic N) is 2. The second-order valence-corrected chi connectivity index (χ2v) is 10.4. The molecule has 0 saturated carbocycles. The van der Waals surface area contributed by atoms with Gasteiger partial charge in [-0.25, -0.2) is 4.98 Å². The molecular weight excluding hydrogens is 408 g/mol. The van der Waals surface area contributed by atoms with E-state index in [1.807, 2.05) is 0 Å². The van der Waals surface area contributed by atoms with Crippen molar-refractivity contribution in [1.29, 1.82) is 0 Å². The highest BCUT2D eigenvalue weighted by Crippen LogP contribution is 2.49. The van der Waals surface area contributed by atoms with Crippen molar-refractivity contribution in [3.05, 3.63) is 58.9 Å². The Hall–Kier alpha value is -2.66. The Balaban J connectivity index is 1.02. The van der Waals surface area contributed by atoms with E-state index in [0.29, 0.717) is 5.92 Å². The molecule has 2 N–H and O–H groups in total. The number of aromatic nitrogens is 2. The van der Waals surface area contributed by atoms with E-state index in [0.717, 1.165) is 74.3 Å². The predicted molar refractivity (Wildman–Crippen MR) is 133 cm³/mol. The molecule has 1 fully saturated rings. The van der Waals surface area contributed by atoms with Crippen molar-refractivity contribution in [1.82, 2.24) is 14.9 Å². The zero-order valence-corrected chi connectivity index (χ0v) is 19.6. The van der Waals surface area contributed by atoms with Gasteiger partial charge in [0.05, 0.1) is 16.4 Å². The second-order valence-electron chi connectivity index (χ2n) is 10.4. The number of imidazole rings is 1. The van der Waals surface area contributed by atoms with Crippen LogP contribution in [0.2, 0.25) is 0 Å². The number of nitrogens with one attached hydrogen (secondary N) is 2. The Morgan fingerprint density at radius 2 is 2.03 bits per heavy atom. The van der Waals surface area contributed by atoms with Crippen LogP contribution in [0.4, 0.5) is 5.69 Å². The summed E-state index contributed by atoms with van der Waals surface area (Å²) in [4.78, 5) is 24.0. The minimum absolute atomic E-state index is 0.242. The van der Waals surface area contributed by atoms with Gasteiger partial charge < -0.3 is 15.2 Å². The lowest BCUT2D eigenvalue weighted by Gasteiger charge is -2.34. The van der Waals surface area contributed by atoms with Gasteiger partial charge in [0.25, 0.3) is 0 Å². The highest BCUT2D eigenvalue weighted by Gasteiger charge is 2.48. The number of likely N-dealkylation sites (tertiary alicyclic amines) is 1. The maximum atomic E-state index is 13.0. The van der Waals surface area contributed by atoms with Crippen LogP contribution < -0.4 is 5.32 Å². The molecule has 0 radical (unpaired) electrons. The second kappa shape index (κ2) is 8.28. The fourth-order valence-electron chi connectivity index (χ4n) is 6.54. The Morgan fingerprint density at radius 1 is 1.15 bits per heavy atom. The summed E-state index contributed by atoms with van der Waals surface area (Å²) in [6, 6.07) is 12.8. The molecule has 2 aromatic carbocycles. The molecule has 6 rings (SSSR count). The molecule has 1 aromatic heterocycles. The van der Waals surface area contributed by atoms with E-state index in [1.165, 1.54) is 36.0 Å². The van der Waals surface area contributed by atoms with Crippen LogP contribution in [0, 0.1) is 6.92 Å². The lowest BCUT2D eigenvalue weighted by molar-refractivity contribution is -0.121. The summed E-state index contributed by atoms with van der Waals surface area (Å²) in [5.74, 6) is 1.94. The number of carbonyl (C=O) groups excluding carboxylic acids is 1. The monoisotopic (exact) mass is 442 g/mol. The molecule has 33 heavy (non-hydrogen) atoms. The van der Waals surface area contributed by atoms with Crippen molar-refractivity contribution in [2.24, 2.45) is 0 Å². The summed E-state index contributed by atoms with van der Waals surface area (Å²) in [5, 5.41) is 3.19. The van der Waals surface area contributed by atoms with Crippen LogP contribution in [0.15, 0.2) is 36.4 Å². The molecule has 3 heterocycles. The number of rotatable bonds is 6. The van der Waals surface area contributed by atoms with Gasteiger partial charge >= 0.3 is 0 Å². The van der Waals surface area contributed by atoms with Gasteiger partial charge in [-0.3, -0.25) is 4.79 Å². The number of amides is 1. The molecule has 0 spiro atoms. The smallest absolute Gasteiger partial charge is 0.235 e. The molecule has 1 aliphatic carbocycles. The molecule has 172 valence electrons. The molecule has 3 aromatic rings. The van der Waals surface area contributed by atoms with E-state index < -0.39 is 0 Å². The van der Waals surface area contributed by atoms with Crippen molar-refractivity contribution in [2.75, 3.05) is 25.0 Å². The number of carbonyl (C=O) groups is 1. The van der Waals surface area contributed by atoms with Gasteiger partial charge in [-0.2, -0.15) is 0 Å². The Morgan fingerprint density at radius 3 is 2.91 bits per heavy atom. The molecule has 1 unspecified atom stereocenters. The lowest BCUT2D eigenvalue weighted by Crippen LogP contribution is -2.38. The highest BCUT2D eigenvalue weighted by molar-refractivity contribution is 6.07. The average Bonchev–Trinajstić information content (AvgIpc) is 3.37. The Kier molecular flexibility index (Phi) is 5.25. The number of fused-ring (bicyclic) bond motifs is 1. The zero-order valence-electron chi connectivity index (χ0n) is 19.6. The first-order chi connectivity index (χ1) is 16.1. The number of hydrogen-bond acceptors (Lipinski definition) is 3. The molecule has 1 saturated heterocycles. The average molecular weight is 443 g/mol. The molecule has 0 bridgehead atoms. The molecule has 5 nitrogen and oxygen atoms in total. The van der Waals surface area contributed by atoms with Crippen LogP contribution in [0.3, 0.4) is 0 Å². The van der Waals surface area contributed by atoms with Crippen molar-refractivity contribution < 1.29 is 4.79 Å². The highest BCUT2D eigenvalue weighted by atomic mass is 16.2. The molecular formula is C28H34N4O. The number of aryl methyl sites for hydroxylation is 2. The minimum Gasteiger partial charge on any atom is -0.342 e. The van der Waals surface area contributed by atoms with Crippen LogP contribution >= 0.6 is 0 Å². The van der Waals surface area contributed by atoms with Crippen LogP contribution in [-0.4, -0.2) is 40.4 Å². The first kappa shape index (κ1) is 20.9. The number of H-pyrrole nitrogens is 1. The SMILES string of the molecule is Cc1ccc2nc(C3CCN(CCCCC45CCCc6cccc(c64)NC5=O)CC3)[nH]c2c1. The fourth-order valence-corrected chi connectivity index (χ4v) is 6.54. The number of hydrogen-bond donors (Lipinski definition) is 2. The van der Waals surface area contributed by atoms with Gasteiger partial charge in [0, 0.05) is 11.6 Å². The summed E-state index contributed by atoms with van der Waals surface area (Å²) in [5.41, 5.74) is 7.03. The van der Waals surface area contributed by atoms with Crippen molar-refractivity contribution >= 4 is 22.6 Å². The van der Waals surface area contributed by atoms with Gasteiger partial charge in [-0.05, 0) is 106 Å². The molecule has 1 amide bonds. The summed E-state index contributed by atoms with van der Waals surface area (Å²) in [6.45, 7) is 5.54. The minimum atomic E-state index is -0.267. The van der Waals surface area contributed by atoms with E-state index in [2.05, 4.69) is 58.5 Å². The fraction of sp³-hybridized carbons (Fsp3) is 0.500. The topological polar surface area (TPSA) is 61.0 Å². The molecule has 3 aliphatic rings. The number of benzene rings is 2. The molecule has 2 aliphatic heterocycles. The summed E-state index contributed by atoms with van der Waals surface area (Å²) < 4.78 is 0. The first-order valence-electron chi connectivity index (χ1n) is 12.7. The third-order valence-electron chi connectivity index (χ3n) is 8.32. The summed E-state index contributed by atoms with van der Waals surface area (Å²) >= 11 is 0. The number of unbranched alkanes of at least 4 members (excludes halogenated alkanes) is 1. The molecule has 5 heteroatoms. The largest absolute Gasteiger partial charge is 0.342 e. The van der Waals surface area contributed by atoms with Gasteiger partial charge in [0.15, 0.2) is 0 Å². The number of anilines is 1. The Bertz CT molecular complexity index is 1190. The van der Waals surface area contributed by atoms with E-state index in [1.54, 1.807) is 0 Å². The van der Waals surface area contributed by atoms with E-state index >= 15 is 0 Å². The number of aromatic amines is 1. The summed E-state index contributed by atoms with van der Waals surface area (Å²) in [7, 11) is 0. The van der Waals surface area contributed by atoms with Crippen molar-refractivity contribution in [2.45, 2.75) is 69.6 Å². The number of piperidine rings is 1. The van der Waals surface area contributed by atoms with Crippen LogP contribution in [0.1, 0.15) is 73.4 Å². The van der Waals surface area contributed by atoms with Crippen LogP contribution in [-0.2, 0) is 16.6 Å². The van der Waals surface area contributed by atoms with Crippen molar-refractivity contribution in [3.8, 4) is 0 Å². The quantitative estimate of drug-likeness (QED) is 0.499. The zero-order chi connectivity index (χ0) is 22.4. The van der Waals surface area contributed by atoms with Gasteiger partial charge in [-0.15, -0.1) is 0 Å². The Labute approximate surface area is 196 Å². The van der Waals surface area contributed by atoms with Gasteiger partial charge in [-0.1, -0.05) is 24.6 Å². The van der Waals surface area contributed by atoms with Gasteiger partial charge in [0.1, 0.15) is 5.82 Å². The maximum absolute atomic E-state index is 13.0. The van der Waals surface area contributed by atoms with Crippen LogP contribution in [0.5, 0.6) is 0 Å². The van der Waals surface area contributed by atoms with Crippen LogP contribution in [0.25, 0.3) is 11.0 Å². The van der Waals surface area contributed by atoms with Crippen molar-refractivity contribution in [3.63, 3.8) is 0 Å². The lowest BCUT2D eigenvalue weighted by atomic mass is 9.68. The van der Waals surface area contributed by atoms with E-state index in [9.17, 15) is 4.79 Å². The summed E-state index contributed by atoms with van der Waals surface area (Å²) in [6.07, 6.45) is 8.84. The maximum Gasteiger partial charge on any atom is 0.235 e. The first-order valence-corrected chi connectivity index (χ1v) is 12.7. The van der Waals surface area contributed by atoms with Gasteiger partial charge in [0.2, 0.25) is 5.91 Å². The third-order valence-corrected chi connectivity index (χ3v) is 8.32. The normalized spacial score (nSPS) is 23.1. The van der Waals surface area contributed by atoms with E-state index in [-0.39, 0.29) is 11.3 Å².